The van der Waals surface area contributed by atoms with Gasteiger partial charge in [-0.3, -0.25) is 4.79 Å². The van der Waals surface area contributed by atoms with E-state index in [1.54, 1.807) is 0 Å². The van der Waals surface area contributed by atoms with E-state index in [4.69, 9.17) is 4.98 Å². The van der Waals surface area contributed by atoms with Crippen molar-refractivity contribution >= 4 is 23.1 Å². The Balaban J connectivity index is 2.00. The Labute approximate surface area is 159 Å². The Morgan fingerprint density at radius 2 is 2.23 bits per heavy atom. The van der Waals surface area contributed by atoms with Gasteiger partial charge in [-0.2, -0.15) is 0 Å². The van der Waals surface area contributed by atoms with Gasteiger partial charge in [0.05, 0.1) is 11.7 Å². The summed E-state index contributed by atoms with van der Waals surface area (Å²) in [7, 11) is 0. The van der Waals surface area contributed by atoms with E-state index in [0.29, 0.717) is 18.2 Å². The number of nitrogens with zero attached hydrogens (tertiary/aromatic N) is 2. The molecule has 2 aliphatic heterocycles. The number of pyridine rings is 1. The highest BCUT2D eigenvalue weighted by Gasteiger charge is 2.34. The molecule has 1 aromatic heterocycles. The Bertz CT molecular complexity index is 689. The number of carbonyl (C=O) groups excluding carboxylic acids is 1. The second-order valence-corrected chi connectivity index (χ2v) is 10.2. The van der Waals surface area contributed by atoms with Gasteiger partial charge in [0.15, 0.2) is 0 Å². The summed E-state index contributed by atoms with van der Waals surface area (Å²) < 4.78 is 15.5. The summed E-state index contributed by atoms with van der Waals surface area (Å²) in [6.45, 7) is 11.6. The summed E-state index contributed by atoms with van der Waals surface area (Å²) in [5.74, 6) is 0.825. The molecule has 6 nitrogen and oxygen atoms in total. The van der Waals surface area contributed by atoms with Gasteiger partial charge < -0.3 is 14.8 Å². The van der Waals surface area contributed by atoms with Crippen molar-refractivity contribution in [2.45, 2.75) is 77.3 Å². The molecule has 1 amide bonds. The lowest BCUT2D eigenvalue weighted by Crippen LogP contribution is -2.41. The second kappa shape index (κ2) is 7.37. The molecule has 3 rings (SSSR count). The first-order chi connectivity index (χ1) is 12.2. The monoisotopic (exact) mass is 378 g/mol. The van der Waals surface area contributed by atoms with Crippen LogP contribution in [0, 0.1) is 0 Å². The fourth-order valence-corrected chi connectivity index (χ4v) is 4.47. The lowest BCUT2D eigenvalue weighted by Gasteiger charge is -2.29. The lowest BCUT2D eigenvalue weighted by atomic mass is 10.0. The number of anilines is 1. The van der Waals surface area contributed by atoms with E-state index < -0.39 is 11.4 Å². The number of hydrogen-bond donors (Lipinski definition) is 2. The van der Waals surface area contributed by atoms with Crippen LogP contribution in [0.5, 0.6) is 0 Å². The normalized spacial score (nSPS) is 22.3. The average Bonchev–Trinajstić information content (AvgIpc) is 3.17. The van der Waals surface area contributed by atoms with E-state index in [1.165, 1.54) is 0 Å². The minimum atomic E-state index is -1.20. The molecule has 0 unspecified atom stereocenters. The summed E-state index contributed by atoms with van der Waals surface area (Å²) >= 11 is -1.20. The van der Waals surface area contributed by atoms with Gasteiger partial charge in [-0.1, -0.05) is 6.92 Å². The maximum Gasteiger partial charge on any atom is 0.252 e. The first-order valence-electron chi connectivity index (χ1n) is 9.49. The minimum Gasteiger partial charge on any atom is -0.598 e. The number of fused-ring (bicyclic) bond motifs is 1. The van der Waals surface area contributed by atoms with Gasteiger partial charge in [0.25, 0.3) is 5.91 Å². The smallest absolute Gasteiger partial charge is 0.252 e. The Morgan fingerprint density at radius 1 is 1.50 bits per heavy atom. The van der Waals surface area contributed by atoms with E-state index in [-0.39, 0.29) is 16.7 Å². The van der Waals surface area contributed by atoms with Crippen molar-refractivity contribution in [3.8, 4) is 0 Å². The molecule has 1 saturated heterocycles. The molecule has 0 radical (unpaired) electrons. The van der Waals surface area contributed by atoms with Crippen LogP contribution in [0.2, 0.25) is 0 Å². The topological polar surface area (TPSA) is 80.3 Å². The molecule has 0 bridgehead atoms. The first-order valence-corrected chi connectivity index (χ1v) is 10.6. The standard InChI is InChI=1S/C19H30N4O2S/c1-6-15(22-26(25)19(3,4)5)17-14-11-20-18(24)13(14)10-16(21-17)23-9-7-8-12(23)2/h10,12,15,22H,6-9,11H2,1-5H3,(H,20,24)/t12-,15-,26-/m1/s1. The molecular formula is C19H30N4O2S. The van der Waals surface area contributed by atoms with Crippen molar-refractivity contribution in [1.82, 2.24) is 15.0 Å². The van der Waals surface area contributed by atoms with E-state index in [0.717, 1.165) is 42.9 Å². The minimum absolute atomic E-state index is 0.0384. The van der Waals surface area contributed by atoms with Crippen LogP contribution in [0.4, 0.5) is 5.82 Å². The van der Waals surface area contributed by atoms with Gasteiger partial charge in [-0.05, 0) is 53.0 Å². The largest absolute Gasteiger partial charge is 0.598 e. The molecule has 144 valence electrons. The van der Waals surface area contributed by atoms with Crippen LogP contribution in [-0.4, -0.2) is 32.8 Å². The van der Waals surface area contributed by atoms with Crippen LogP contribution in [0.25, 0.3) is 0 Å². The van der Waals surface area contributed by atoms with E-state index >= 15 is 0 Å². The first kappa shape index (κ1) is 19.5. The summed E-state index contributed by atoms with van der Waals surface area (Å²) in [5, 5.41) is 2.92. The zero-order valence-corrected chi connectivity index (χ0v) is 17.2. The molecule has 0 aliphatic carbocycles. The van der Waals surface area contributed by atoms with Crippen molar-refractivity contribution < 1.29 is 9.35 Å². The third-order valence-electron chi connectivity index (χ3n) is 5.20. The SMILES string of the molecule is CC[C@@H](N[S@+]([O-])C(C)(C)C)c1nc(N2CCC[C@H]2C)cc2c1CNC2=O. The van der Waals surface area contributed by atoms with Gasteiger partial charge in [0.1, 0.15) is 10.6 Å². The molecule has 2 N–H and O–H groups in total. The van der Waals surface area contributed by atoms with Crippen LogP contribution in [0.3, 0.4) is 0 Å². The summed E-state index contributed by atoms with van der Waals surface area (Å²) in [6, 6.07) is 2.21. The molecule has 0 spiro atoms. The van der Waals surface area contributed by atoms with Gasteiger partial charge >= 0.3 is 0 Å². The summed E-state index contributed by atoms with van der Waals surface area (Å²) in [5.41, 5.74) is 2.51. The molecule has 2 aliphatic rings. The van der Waals surface area contributed by atoms with Gasteiger partial charge in [0, 0.05) is 41.6 Å². The Hall–Kier alpha value is -1.31. The Kier molecular flexibility index (Phi) is 5.51. The molecule has 7 heteroatoms. The molecular weight excluding hydrogens is 348 g/mol. The van der Waals surface area contributed by atoms with Gasteiger partial charge in [0.2, 0.25) is 0 Å². The highest BCUT2D eigenvalue weighted by atomic mass is 32.2. The van der Waals surface area contributed by atoms with Crippen LogP contribution in [0.1, 0.15) is 81.5 Å². The third kappa shape index (κ3) is 3.70. The number of aromatic nitrogens is 1. The molecule has 1 aromatic rings. The average molecular weight is 379 g/mol. The fourth-order valence-electron chi connectivity index (χ4n) is 3.58. The van der Waals surface area contributed by atoms with Gasteiger partial charge in [-0.25, -0.2) is 4.98 Å². The van der Waals surface area contributed by atoms with Gasteiger partial charge in [-0.15, -0.1) is 4.72 Å². The zero-order valence-electron chi connectivity index (χ0n) is 16.4. The van der Waals surface area contributed by atoms with Crippen LogP contribution in [0.15, 0.2) is 6.07 Å². The second-order valence-electron chi connectivity index (χ2n) is 8.22. The fraction of sp³-hybridized carbons (Fsp3) is 0.684. The van der Waals surface area contributed by atoms with Crippen molar-refractivity contribution in [2.24, 2.45) is 0 Å². The summed E-state index contributed by atoms with van der Waals surface area (Å²) in [4.78, 5) is 19.6. The van der Waals surface area contributed by atoms with Crippen molar-refractivity contribution in [2.75, 3.05) is 11.4 Å². The van der Waals surface area contributed by atoms with Crippen LogP contribution in [-0.2, 0) is 17.9 Å². The molecule has 26 heavy (non-hydrogen) atoms. The van der Waals surface area contributed by atoms with Crippen LogP contribution < -0.4 is 14.9 Å². The lowest BCUT2D eigenvalue weighted by molar-refractivity contribution is 0.0965. The number of hydrogen-bond acceptors (Lipinski definition) is 5. The molecule has 0 saturated carbocycles. The number of amides is 1. The quantitative estimate of drug-likeness (QED) is 0.770. The number of rotatable bonds is 5. The Morgan fingerprint density at radius 3 is 2.81 bits per heavy atom. The highest BCUT2D eigenvalue weighted by molar-refractivity contribution is 7.90. The predicted molar refractivity (Wildman–Crippen MR) is 106 cm³/mol. The predicted octanol–water partition coefficient (Wildman–Crippen LogP) is 2.82. The maximum atomic E-state index is 12.6. The van der Waals surface area contributed by atoms with Crippen molar-refractivity contribution in [3.05, 3.63) is 22.9 Å². The highest BCUT2D eigenvalue weighted by Crippen LogP contribution is 2.33. The van der Waals surface area contributed by atoms with E-state index in [1.807, 2.05) is 26.8 Å². The third-order valence-corrected chi connectivity index (χ3v) is 6.82. The maximum absolute atomic E-state index is 12.6. The van der Waals surface area contributed by atoms with E-state index in [9.17, 15) is 9.35 Å². The number of nitrogens with one attached hydrogen (secondary N) is 2. The van der Waals surface area contributed by atoms with Crippen molar-refractivity contribution in [1.29, 1.82) is 0 Å². The van der Waals surface area contributed by atoms with Crippen molar-refractivity contribution in [3.63, 3.8) is 0 Å². The molecule has 3 heterocycles. The van der Waals surface area contributed by atoms with Crippen LogP contribution >= 0.6 is 0 Å². The molecule has 1 fully saturated rings. The zero-order chi connectivity index (χ0) is 19.1. The number of carbonyl (C=O) groups is 1. The van der Waals surface area contributed by atoms with E-state index in [2.05, 4.69) is 28.8 Å². The molecule has 0 aromatic carbocycles. The molecule has 3 atom stereocenters. The summed E-state index contributed by atoms with van der Waals surface area (Å²) in [6.07, 6.45) is 3.04.